The molecule has 1 aromatic rings. The maximum atomic E-state index is 11.7. The summed E-state index contributed by atoms with van der Waals surface area (Å²) in [4.78, 5) is 17.8. The summed E-state index contributed by atoms with van der Waals surface area (Å²) in [6.07, 6.45) is 2.58. The molecule has 1 heterocycles. The van der Waals surface area contributed by atoms with Gasteiger partial charge >= 0.3 is 6.09 Å². The molecule has 26 heavy (non-hydrogen) atoms. The van der Waals surface area contributed by atoms with Gasteiger partial charge in [-0.1, -0.05) is 18.2 Å². The second kappa shape index (κ2) is 11.2. The number of amides is 1. The van der Waals surface area contributed by atoms with Gasteiger partial charge in [0, 0.05) is 45.0 Å². The molecule has 1 saturated heterocycles. The number of ether oxygens (including phenoxy) is 1. The molecule has 144 valence electrons. The highest BCUT2D eigenvalue weighted by atomic mass is 16.6. The first-order valence-corrected chi connectivity index (χ1v) is 9.40. The van der Waals surface area contributed by atoms with Crippen molar-refractivity contribution in [2.75, 3.05) is 45.2 Å². The summed E-state index contributed by atoms with van der Waals surface area (Å²) in [6.45, 7) is 5.44. The zero-order valence-corrected chi connectivity index (χ0v) is 15.8. The van der Waals surface area contributed by atoms with E-state index in [4.69, 9.17) is 4.74 Å². The smallest absolute Gasteiger partial charge is 0.409 e. The molecule has 0 spiro atoms. The van der Waals surface area contributed by atoms with Crippen molar-refractivity contribution in [3.8, 4) is 0 Å². The molecule has 7 nitrogen and oxygen atoms in total. The largest absolute Gasteiger partial charge is 0.450 e. The number of guanidine groups is 1. The lowest BCUT2D eigenvalue weighted by molar-refractivity contribution is 0.0963. The zero-order valence-electron chi connectivity index (χ0n) is 15.8. The summed E-state index contributed by atoms with van der Waals surface area (Å²) in [5.74, 6) is 0.819. The number of carbonyl (C=O) groups excluding carboxylic acids is 1. The molecule has 0 saturated carbocycles. The molecule has 0 radical (unpaired) electrons. The lowest BCUT2D eigenvalue weighted by atomic mass is 10.1. The van der Waals surface area contributed by atoms with Gasteiger partial charge in [0.1, 0.15) is 0 Å². The van der Waals surface area contributed by atoms with Crippen LogP contribution >= 0.6 is 0 Å². The molecule has 1 amide bonds. The van der Waals surface area contributed by atoms with Gasteiger partial charge in [-0.05, 0) is 38.3 Å². The molecule has 7 heteroatoms. The fourth-order valence-corrected chi connectivity index (χ4v) is 2.89. The van der Waals surface area contributed by atoms with Gasteiger partial charge in [-0.15, -0.1) is 0 Å². The van der Waals surface area contributed by atoms with Crippen LogP contribution in [0.4, 0.5) is 10.5 Å². The van der Waals surface area contributed by atoms with Crippen molar-refractivity contribution < 1.29 is 9.53 Å². The van der Waals surface area contributed by atoms with Crippen LogP contribution in [-0.2, 0) is 4.74 Å². The summed E-state index contributed by atoms with van der Waals surface area (Å²) < 4.78 is 5.05. The number of aliphatic imine (C=N–C) groups is 1. The summed E-state index contributed by atoms with van der Waals surface area (Å²) in [5.41, 5.74) is 1.14. The van der Waals surface area contributed by atoms with Gasteiger partial charge in [-0.3, -0.25) is 4.99 Å². The standard InChI is InChI=1S/C19H31N5O2/c1-3-26-19(25)24-14-10-17(11-15-24)23-18(20-2)22-13-7-12-21-16-8-5-4-6-9-16/h4-6,8-9,17,21H,3,7,10-15H2,1-2H3,(H2,20,22,23). The molecular formula is C19H31N5O2. The third-order valence-corrected chi connectivity index (χ3v) is 4.33. The van der Waals surface area contributed by atoms with E-state index in [9.17, 15) is 4.79 Å². The lowest BCUT2D eigenvalue weighted by Crippen LogP contribution is -2.50. The predicted molar refractivity (Wildman–Crippen MR) is 106 cm³/mol. The van der Waals surface area contributed by atoms with Gasteiger partial charge in [-0.2, -0.15) is 0 Å². The maximum absolute atomic E-state index is 11.7. The van der Waals surface area contributed by atoms with Crippen molar-refractivity contribution >= 4 is 17.7 Å². The molecule has 1 aliphatic heterocycles. The number of nitrogens with one attached hydrogen (secondary N) is 3. The average molecular weight is 361 g/mol. The molecule has 1 aliphatic rings. The number of benzene rings is 1. The van der Waals surface area contributed by atoms with Crippen LogP contribution in [-0.4, -0.2) is 62.8 Å². The lowest BCUT2D eigenvalue weighted by Gasteiger charge is -2.32. The Hall–Kier alpha value is -2.44. The Morgan fingerprint density at radius 2 is 1.96 bits per heavy atom. The van der Waals surface area contributed by atoms with Gasteiger partial charge in [0.15, 0.2) is 5.96 Å². The Kier molecular flexibility index (Phi) is 8.59. The van der Waals surface area contributed by atoms with Crippen molar-refractivity contribution in [2.45, 2.75) is 32.2 Å². The van der Waals surface area contributed by atoms with Gasteiger partial charge in [0.25, 0.3) is 0 Å². The number of hydrogen-bond donors (Lipinski definition) is 3. The number of likely N-dealkylation sites (tertiary alicyclic amines) is 1. The van der Waals surface area contributed by atoms with Crippen molar-refractivity contribution in [3.05, 3.63) is 30.3 Å². The third kappa shape index (κ3) is 6.82. The summed E-state index contributed by atoms with van der Waals surface area (Å²) >= 11 is 0. The quantitative estimate of drug-likeness (QED) is 0.394. The Bertz CT molecular complexity index is 556. The van der Waals surface area contributed by atoms with Gasteiger partial charge in [-0.25, -0.2) is 4.79 Å². The van der Waals surface area contributed by atoms with Crippen LogP contribution < -0.4 is 16.0 Å². The van der Waals surface area contributed by atoms with Crippen LogP contribution in [0, 0.1) is 0 Å². The molecule has 0 aliphatic carbocycles. The number of para-hydroxylation sites is 1. The number of nitrogens with zero attached hydrogens (tertiary/aromatic N) is 2. The molecule has 0 aromatic heterocycles. The Morgan fingerprint density at radius 3 is 2.62 bits per heavy atom. The minimum absolute atomic E-state index is 0.209. The highest BCUT2D eigenvalue weighted by Gasteiger charge is 2.23. The Morgan fingerprint density at radius 1 is 1.23 bits per heavy atom. The van der Waals surface area contributed by atoms with E-state index in [1.54, 1.807) is 11.9 Å². The molecule has 3 N–H and O–H groups in total. The molecule has 1 aromatic carbocycles. The van der Waals surface area contributed by atoms with Crippen LogP contribution in [0.3, 0.4) is 0 Å². The van der Waals surface area contributed by atoms with Gasteiger partial charge < -0.3 is 25.6 Å². The van der Waals surface area contributed by atoms with E-state index < -0.39 is 0 Å². The topological polar surface area (TPSA) is 78.0 Å². The molecule has 2 rings (SSSR count). The van der Waals surface area contributed by atoms with Crippen molar-refractivity contribution in [3.63, 3.8) is 0 Å². The SMILES string of the molecule is CCOC(=O)N1CCC(NC(=NC)NCCCNc2ccccc2)CC1. The third-order valence-electron chi connectivity index (χ3n) is 4.33. The van der Waals surface area contributed by atoms with Crippen molar-refractivity contribution in [1.29, 1.82) is 0 Å². The Balaban J connectivity index is 1.60. The van der Waals surface area contributed by atoms with E-state index in [1.165, 1.54) is 0 Å². The minimum Gasteiger partial charge on any atom is -0.450 e. The van der Waals surface area contributed by atoms with Crippen LogP contribution in [0.15, 0.2) is 35.3 Å². The number of piperidine rings is 1. The van der Waals surface area contributed by atoms with E-state index in [2.05, 4.69) is 33.1 Å². The normalized spacial score (nSPS) is 15.5. The Labute approximate surface area is 156 Å². The number of anilines is 1. The van der Waals surface area contributed by atoms with E-state index in [-0.39, 0.29) is 6.09 Å². The first-order valence-electron chi connectivity index (χ1n) is 9.40. The van der Waals surface area contributed by atoms with E-state index in [0.29, 0.717) is 25.7 Å². The summed E-state index contributed by atoms with van der Waals surface area (Å²) in [7, 11) is 1.78. The van der Waals surface area contributed by atoms with Gasteiger partial charge in [0.2, 0.25) is 0 Å². The van der Waals surface area contributed by atoms with Crippen LogP contribution in [0.25, 0.3) is 0 Å². The molecule has 0 unspecified atom stereocenters. The first-order chi connectivity index (χ1) is 12.7. The highest BCUT2D eigenvalue weighted by Crippen LogP contribution is 2.11. The first kappa shape index (κ1) is 19.9. The summed E-state index contributed by atoms with van der Waals surface area (Å²) in [6, 6.07) is 10.5. The zero-order chi connectivity index (χ0) is 18.6. The fourth-order valence-electron chi connectivity index (χ4n) is 2.89. The molecular weight excluding hydrogens is 330 g/mol. The van der Waals surface area contributed by atoms with Crippen molar-refractivity contribution in [1.82, 2.24) is 15.5 Å². The van der Waals surface area contributed by atoms with Gasteiger partial charge in [0.05, 0.1) is 6.61 Å². The highest BCUT2D eigenvalue weighted by molar-refractivity contribution is 5.80. The molecule has 1 fully saturated rings. The second-order valence-electron chi connectivity index (χ2n) is 6.25. The second-order valence-corrected chi connectivity index (χ2v) is 6.25. The molecule has 0 bridgehead atoms. The number of rotatable bonds is 7. The van der Waals surface area contributed by atoms with Crippen molar-refractivity contribution in [2.24, 2.45) is 4.99 Å². The average Bonchev–Trinajstić information content (AvgIpc) is 2.68. The minimum atomic E-state index is -0.209. The van der Waals surface area contributed by atoms with Crippen LogP contribution in [0.2, 0.25) is 0 Å². The number of hydrogen-bond acceptors (Lipinski definition) is 4. The van der Waals surface area contributed by atoms with E-state index in [0.717, 1.165) is 44.0 Å². The van der Waals surface area contributed by atoms with E-state index >= 15 is 0 Å². The van der Waals surface area contributed by atoms with Crippen LogP contribution in [0.1, 0.15) is 26.2 Å². The maximum Gasteiger partial charge on any atom is 0.409 e. The number of carbonyl (C=O) groups is 1. The summed E-state index contributed by atoms with van der Waals surface area (Å²) in [5, 5.41) is 10.2. The monoisotopic (exact) mass is 361 g/mol. The van der Waals surface area contributed by atoms with E-state index in [1.807, 2.05) is 25.1 Å². The predicted octanol–water partition coefficient (Wildman–Crippen LogP) is 2.27. The fraction of sp³-hybridized carbons (Fsp3) is 0.579. The molecule has 0 atom stereocenters. The van der Waals surface area contributed by atoms with Crippen LogP contribution in [0.5, 0.6) is 0 Å².